The smallest absolute Gasteiger partial charge is 0.254 e. The van der Waals surface area contributed by atoms with Crippen LogP contribution in [-0.2, 0) is 13.0 Å². The van der Waals surface area contributed by atoms with E-state index in [0.29, 0.717) is 42.5 Å². The number of aromatic nitrogens is 2. The maximum absolute atomic E-state index is 13.7. The minimum absolute atomic E-state index is 0.263. The average Bonchev–Trinajstić information content (AvgIpc) is 3.31. The van der Waals surface area contributed by atoms with Crippen molar-refractivity contribution in [2.24, 2.45) is 0 Å². The van der Waals surface area contributed by atoms with E-state index in [1.165, 1.54) is 18.2 Å². The first kappa shape index (κ1) is 21.2. The van der Waals surface area contributed by atoms with E-state index >= 15 is 0 Å². The van der Waals surface area contributed by atoms with E-state index in [1.54, 1.807) is 18.1 Å². The van der Waals surface area contributed by atoms with Gasteiger partial charge in [-0.05, 0) is 35.9 Å². The highest BCUT2D eigenvalue weighted by Gasteiger charge is 2.18. The Morgan fingerprint density at radius 2 is 1.84 bits per heavy atom. The van der Waals surface area contributed by atoms with Crippen LogP contribution in [0.2, 0.25) is 0 Å². The van der Waals surface area contributed by atoms with Gasteiger partial charge in [-0.25, -0.2) is 4.39 Å². The van der Waals surface area contributed by atoms with Crippen molar-refractivity contribution in [2.45, 2.75) is 13.0 Å². The van der Waals surface area contributed by atoms with Crippen LogP contribution in [0.3, 0.4) is 0 Å². The third kappa shape index (κ3) is 5.18. The highest BCUT2D eigenvalue weighted by atomic mass is 19.1. The number of hydrogen-bond donors (Lipinski definition) is 0. The van der Waals surface area contributed by atoms with Crippen LogP contribution < -0.4 is 4.74 Å². The molecule has 0 aliphatic heterocycles. The molecule has 0 aliphatic rings. The van der Waals surface area contributed by atoms with E-state index in [2.05, 4.69) is 10.1 Å². The molecule has 162 valence electrons. The number of nitrogens with zero attached hydrogens (tertiary/aromatic N) is 3. The van der Waals surface area contributed by atoms with Gasteiger partial charge in [0.1, 0.15) is 11.6 Å². The molecule has 3 aromatic carbocycles. The first-order valence-corrected chi connectivity index (χ1v) is 10.2. The van der Waals surface area contributed by atoms with E-state index in [0.717, 1.165) is 11.1 Å². The predicted molar refractivity (Wildman–Crippen MR) is 118 cm³/mol. The second-order valence-corrected chi connectivity index (χ2v) is 7.22. The summed E-state index contributed by atoms with van der Waals surface area (Å²) in [7, 11) is 1.59. The summed E-state index contributed by atoms with van der Waals surface area (Å²) in [5.74, 6) is 0.845. The second-order valence-electron chi connectivity index (χ2n) is 7.22. The zero-order valence-electron chi connectivity index (χ0n) is 17.6. The van der Waals surface area contributed by atoms with Crippen molar-refractivity contribution in [1.29, 1.82) is 0 Å². The van der Waals surface area contributed by atoms with Crippen molar-refractivity contribution < 1.29 is 18.4 Å². The first-order valence-electron chi connectivity index (χ1n) is 10.2. The van der Waals surface area contributed by atoms with Gasteiger partial charge in [-0.1, -0.05) is 53.7 Å². The van der Waals surface area contributed by atoms with Crippen LogP contribution >= 0.6 is 0 Å². The summed E-state index contributed by atoms with van der Waals surface area (Å²) in [6.07, 6.45) is 0.366. The molecular weight excluding hydrogens is 409 g/mol. The Morgan fingerprint density at radius 3 is 2.62 bits per heavy atom. The number of carbonyl (C=O) groups is 1. The van der Waals surface area contributed by atoms with Crippen molar-refractivity contribution in [3.05, 3.63) is 102 Å². The van der Waals surface area contributed by atoms with E-state index in [9.17, 15) is 9.18 Å². The number of ether oxygens (including phenoxy) is 1. The molecule has 1 aromatic heterocycles. The molecule has 32 heavy (non-hydrogen) atoms. The van der Waals surface area contributed by atoms with Crippen LogP contribution in [-0.4, -0.2) is 34.6 Å². The van der Waals surface area contributed by atoms with Gasteiger partial charge in [0.25, 0.3) is 5.91 Å². The molecule has 0 atom stereocenters. The molecule has 4 aromatic rings. The summed E-state index contributed by atoms with van der Waals surface area (Å²) in [5, 5.41) is 4.04. The monoisotopic (exact) mass is 431 g/mol. The Hall–Kier alpha value is -4.00. The number of halogens is 1. The van der Waals surface area contributed by atoms with Gasteiger partial charge in [0, 0.05) is 30.6 Å². The van der Waals surface area contributed by atoms with Gasteiger partial charge in [0.05, 0.1) is 7.11 Å². The number of methoxy groups -OCH3 is 1. The lowest BCUT2D eigenvalue weighted by Crippen LogP contribution is -2.32. The molecule has 1 heterocycles. The largest absolute Gasteiger partial charge is 0.497 e. The van der Waals surface area contributed by atoms with Crippen LogP contribution in [0.4, 0.5) is 4.39 Å². The van der Waals surface area contributed by atoms with E-state index in [4.69, 9.17) is 9.26 Å². The second kappa shape index (κ2) is 9.87. The van der Waals surface area contributed by atoms with E-state index < -0.39 is 5.82 Å². The average molecular weight is 431 g/mol. The van der Waals surface area contributed by atoms with Crippen LogP contribution in [0.25, 0.3) is 11.4 Å². The summed E-state index contributed by atoms with van der Waals surface area (Å²) in [5.41, 5.74) is 2.04. The molecule has 7 heteroatoms. The molecule has 4 rings (SSSR count). The van der Waals surface area contributed by atoms with Crippen LogP contribution in [0.1, 0.15) is 21.8 Å². The Labute approximate surface area is 185 Å². The fourth-order valence-electron chi connectivity index (χ4n) is 3.33. The zero-order chi connectivity index (χ0) is 22.3. The van der Waals surface area contributed by atoms with Crippen LogP contribution in [0.5, 0.6) is 5.75 Å². The molecule has 0 bridgehead atoms. The summed E-state index contributed by atoms with van der Waals surface area (Å²) < 4.78 is 24.3. The van der Waals surface area contributed by atoms with Gasteiger partial charge < -0.3 is 14.2 Å². The number of rotatable bonds is 8. The Morgan fingerprint density at radius 1 is 1.03 bits per heavy atom. The van der Waals surface area contributed by atoms with Gasteiger partial charge in [0.15, 0.2) is 0 Å². The van der Waals surface area contributed by atoms with Gasteiger partial charge in [-0.2, -0.15) is 4.98 Å². The van der Waals surface area contributed by atoms with Crippen molar-refractivity contribution in [2.75, 3.05) is 13.7 Å². The molecule has 0 saturated carbocycles. The van der Waals surface area contributed by atoms with Gasteiger partial charge >= 0.3 is 0 Å². The molecule has 1 amide bonds. The highest BCUT2D eigenvalue weighted by Crippen LogP contribution is 2.21. The molecule has 6 nitrogen and oxygen atoms in total. The molecule has 0 saturated heterocycles. The maximum Gasteiger partial charge on any atom is 0.254 e. The number of amides is 1. The molecule has 0 radical (unpaired) electrons. The first-order chi connectivity index (χ1) is 15.6. The van der Waals surface area contributed by atoms with Crippen molar-refractivity contribution in [1.82, 2.24) is 15.0 Å². The van der Waals surface area contributed by atoms with E-state index in [1.807, 2.05) is 54.6 Å². The quantitative estimate of drug-likeness (QED) is 0.402. The topological polar surface area (TPSA) is 68.5 Å². The molecular formula is C25H22FN3O3. The third-order valence-electron chi connectivity index (χ3n) is 4.97. The predicted octanol–water partition coefficient (Wildman–Crippen LogP) is 4.77. The minimum Gasteiger partial charge on any atom is -0.497 e. The Balaban J connectivity index is 1.51. The summed E-state index contributed by atoms with van der Waals surface area (Å²) in [4.78, 5) is 19.2. The standard InChI is InChI=1S/C25H22FN3O3/c1-31-22-12-6-9-19(16-22)24-27-23(32-28-24)13-14-29(17-18-7-3-2-4-8-18)25(30)20-10-5-11-21(26)15-20/h2-12,15-16H,13-14,17H2,1H3. The lowest BCUT2D eigenvalue weighted by atomic mass is 10.1. The Kier molecular flexibility index (Phi) is 6.55. The number of carbonyl (C=O) groups excluding carboxylic acids is 1. The summed E-state index contributed by atoms with van der Waals surface area (Å²) in [6, 6.07) is 22.7. The summed E-state index contributed by atoms with van der Waals surface area (Å²) >= 11 is 0. The van der Waals surface area contributed by atoms with Crippen molar-refractivity contribution in [3.8, 4) is 17.1 Å². The Bertz CT molecular complexity index is 1190. The minimum atomic E-state index is -0.449. The fourth-order valence-corrected chi connectivity index (χ4v) is 3.33. The number of benzene rings is 3. The fraction of sp³-hybridized carbons (Fsp3) is 0.160. The maximum atomic E-state index is 13.7. The SMILES string of the molecule is COc1cccc(-c2noc(CCN(Cc3ccccc3)C(=O)c3cccc(F)c3)n2)c1. The summed E-state index contributed by atoms with van der Waals surface area (Å²) in [6.45, 7) is 0.719. The van der Waals surface area contributed by atoms with Gasteiger partial charge in [-0.3, -0.25) is 4.79 Å². The molecule has 0 spiro atoms. The molecule has 0 unspecified atom stereocenters. The van der Waals surface area contributed by atoms with Crippen molar-refractivity contribution in [3.63, 3.8) is 0 Å². The molecule has 0 N–H and O–H groups in total. The normalized spacial score (nSPS) is 10.7. The highest BCUT2D eigenvalue weighted by molar-refractivity contribution is 5.94. The third-order valence-corrected chi connectivity index (χ3v) is 4.97. The van der Waals surface area contributed by atoms with Crippen molar-refractivity contribution >= 4 is 5.91 Å². The van der Waals surface area contributed by atoms with Gasteiger partial charge in [-0.15, -0.1) is 0 Å². The van der Waals surface area contributed by atoms with Crippen LogP contribution in [0, 0.1) is 5.82 Å². The number of hydrogen-bond acceptors (Lipinski definition) is 5. The molecule has 0 fully saturated rings. The zero-order valence-corrected chi connectivity index (χ0v) is 17.6. The molecule has 0 aliphatic carbocycles. The van der Waals surface area contributed by atoms with Crippen LogP contribution in [0.15, 0.2) is 83.4 Å². The van der Waals surface area contributed by atoms with Gasteiger partial charge in [0.2, 0.25) is 11.7 Å². The lowest BCUT2D eigenvalue weighted by molar-refractivity contribution is 0.0741. The van der Waals surface area contributed by atoms with E-state index in [-0.39, 0.29) is 5.91 Å². The lowest BCUT2D eigenvalue weighted by Gasteiger charge is -2.22.